The smallest absolute Gasteiger partial charge is 0.268 e. The average molecular weight is 373 g/mol. The first-order valence-corrected chi connectivity index (χ1v) is 8.68. The number of carbonyl (C=O) groups excluding carboxylic acids is 1. The quantitative estimate of drug-likeness (QED) is 0.747. The SMILES string of the molecule is CC(C)Cn1ccc2c(cc(C(=O)NCc3cc(F)cc(F)c3)n2C)c1=O. The Kier molecular flexibility index (Phi) is 5.12. The Morgan fingerprint density at radius 2 is 1.81 bits per heavy atom. The summed E-state index contributed by atoms with van der Waals surface area (Å²) < 4.78 is 29.8. The molecule has 0 aliphatic carbocycles. The monoisotopic (exact) mass is 373 g/mol. The summed E-state index contributed by atoms with van der Waals surface area (Å²) in [5.41, 5.74) is 1.13. The Hall–Kier alpha value is -2.96. The second-order valence-electron chi connectivity index (χ2n) is 7.01. The number of aromatic nitrogens is 2. The van der Waals surface area contributed by atoms with Gasteiger partial charge in [0.2, 0.25) is 0 Å². The van der Waals surface area contributed by atoms with E-state index in [0.717, 1.165) is 18.2 Å². The molecule has 1 aromatic carbocycles. The molecule has 142 valence electrons. The minimum absolute atomic E-state index is 0.0212. The van der Waals surface area contributed by atoms with Crippen LogP contribution in [-0.4, -0.2) is 15.0 Å². The largest absolute Gasteiger partial charge is 0.347 e. The van der Waals surface area contributed by atoms with Crippen molar-refractivity contribution < 1.29 is 13.6 Å². The fourth-order valence-corrected chi connectivity index (χ4v) is 3.11. The van der Waals surface area contributed by atoms with Crippen molar-refractivity contribution in [3.63, 3.8) is 0 Å². The molecule has 0 bridgehead atoms. The van der Waals surface area contributed by atoms with E-state index in [-0.39, 0.29) is 12.1 Å². The maximum Gasteiger partial charge on any atom is 0.268 e. The minimum atomic E-state index is -0.699. The third kappa shape index (κ3) is 3.92. The number of aryl methyl sites for hydroxylation is 1. The molecule has 3 aromatic rings. The Morgan fingerprint density at radius 3 is 2.44 bits per heavy atom. The van der Waals surface area contributed by atoms with E-state index < -0.39 is 17.5 Å². The number of halogens is 2. The van der Waals surface area contributed by atoms with Gasteiger partial charge in [0.15, 0.2) is 0 Å². The topological polar surface area (TPSA) is 56.0 Å². The lowest BCUT2D eigenvalue weighted by Gasteiger charge is -2.09. The van der Waals surface area contributed by atoms with E-state index in [1.807, 2.05) is 13.8 Å². The molecule has 0 saturated heterocycles. The van der Waals surface area contributed by atoms with Gasteiger partial charge in [0.1, 0.15) is 17.3 Å². The predicted molar refractivity (Wildman–Crippen MR) is 99.5 cm³/mol. The number of fused-ring (bicyclic) bond motifs is 1. The van der Waals surface area contributed by atoms with E-state index in [2.05, 4.69) is 5.32 Å². The Bertz CT molecular complexity index is 1050. The molecule has 27 heavy (non-hydrogen) atoms. The number of hydrogen-bond acceptors (Lipinski definition) is 2. The number of rotatable bonds is 5. The number of benzene rings is 1. The molecule has 2 aromatic heterocycles. The van der Waals surface area contributed by atoms with Crippen molar-refractivity contribution in [1.82, 2.24) is 14.5 Å². The van der Waals surface area contributed by atoms with Crippen LogP contribution in [0, 0.1) is 17.6 Å². The molecule has 2 heterocycles. The fourth-order valence-electron chi connectivity index (χ4n) is 3.11. The molecular formula is C20H21F2N3O2. The van der Waals surface area contributed by atoms with Crippen LogP contribution in [-0.2, 0) is 20.1 Å². The van der Waals surface area contributed by atoms with Crippen LogP contribution >= 0.6 is 0 Å². The average Bonchev–Trinajstić information content (AvgIpc) is 2.92. The molecule has 0 unspecified atom stereocenters. The van der Waals surface area contributed by atoms with Gasteiger partial charge in [0, 0.05) is 32.4 Å². The number of amides is 1. The lowest BCUT2D eigenvalue weighted by atomic mass is 10.2. The van der Waals surface area contributed by atoms with Crippen LogP contribution in [0.15, 0.2) is 41.3 Å². The van der Waals surface area contributed by atoms with Gasteiger partial charge in [0.05, 0.1) is 10.9 Å². The lowest BCUT2D eigenvalue weighted by molar-refractivity contribution is 0.0943. The highest BCUT2D eigenvalue weighted by Crippen LogP contribution is 2.16. The van der Waals surface area contributed by atoms with Gasteiger partial charge >= 0.3 is 0 Å². The molecule has 5 nitrogen and oxygen atoms in total. The zero-order valence-corrected chi connectivity index (χ0v) is 15.4. The van der Waals surface area contributed by atoms with Gasteiger partial charge in [-0.05, 0) is 35.7 Å². The summed E-state index contributed by atoms with van der Waals surface area (Å²) in [6.45, 7) is 4.62. The number of pyridine rings is 1. The normalized spacial score (nSPS) is 11.3. The zero-order chi connectivity index (χ0) is 19.7. The van der Waals surface area contributed by atoms with Crippen molar-refractivity contribution >= 4 is 16.8 Å². The van der Waals surface area contributed by atoms with Crippen LogP contribution in [0.25, 0.3) is 10.9 Å². The van der Waals surface area contributed by atoms with Gasteiger partial charge in [-0.1, -0.05) is 13.8 Å². The number of carbonyl (C=O) groups is 1. The van der Waals surface area contributed by atoms with Crippen molar-refractivity contribution in [2.45, 2.75) is 26.9 Å². The summed E-state index contributed by atoms with van der Waals surface area (Å²) in [5, 5.41) is 3.10. The predicted octanol–water partition coefficient (Wildman–Crippen LogP) is 3.20. The number of nitrogens with one attached hydrogen (secondary N) is 1. The molecule has 0 atom stereocenters. The van der Waals surface area contributed by atoms with Crippen molar-refractivity contribution in [2.75, 3.05) is 0 Å². The first kappa shape index (κ1) is 18.8. The standard InChI is InChI=1S/C20H21F2N3O2/c1-12(2)11-25-5-4-17-16(20(25)27)9-18(24(17)3)19(26)23-10-13-6-14(21)8-15(22)7-13/h4-9,12H,10-11H2,1-3H3,(H,23,26). The summed E-state index contributed by atoms with van der Waals surface area (Å²) in [6, 6.07) is 6.45. The Morgan fingerprint density at radius 1 is 1.15 bits per heavy atom. The second kappa shape index (κ2) is 7.34. The molecule has 7 heteroatoms. The van der Waals surface area contributed by atoms with Crippen LogP contribution in [0.4, 0.5) is 8.78 Å². The first-order valence-electron chi connectivity index (χ1n) is 8.68. The van der Waals surface area contributed by atoms with Gasteiger partial charge in [-0.3, -0.25) is 9.59 Å². The summed E-state index contributed by atoms with van der Waals surface area (Å²) in [6.07, 6.45) is 1.72. The van der Waals surface area contributed by atoms with Crippen LogP contribution in [0.3, 0.4) is 0 Å². The second-order valence-corrected chi connectivity index (χ2v) is 7.01. The van der Waals surface area contributed by atoms with E-state index >= 15 is 0 Å². The molecule has 0 fully saturated rings. The van der Waals surface area contributed by atoms with Crippen LogP contribution in [0.1, 0.15) is 29.9 Å². The van der Waals surface area contributed by atoms with Gasteiger partial charge in [0.25, 0.3) is 11.5 Å². The van der Waals surface area contributed by atoms with Crippen molar-refractivity contribution in [1.29, 1.82) is 0 Å². The van der Waals surface area contributed by atoms with Crippen LogP contribution in [0.2, 0.25) is 0 Å². The lowest BCUT2D eigenvalue weighted by Crippen LogP contribution is -2.24. The van der Waals surface area contributed by atoms with E-state index in [9.17, 15) is 18.4 Å². The summed E-state index contributed by atoms with van der Waals surface area (Å²) >= 11 is 0. The first-order chi connectivity index (χ1) is 12.8. The highest BCUT2D eigenvalue weighted by molar-refractivity contribution is 5.98. The molecule has 0 aliphatic heterocycles. The summed E-state index contributed by atoms with van der Waals surface area (Å²) in [4.78, 5) is 25.2. The highest BCUT2D eigenvalue weighted by Gasteiger charge is 2.16. The van der Waals surface area contributed by atoms with E-state index in [4.69, 9.17) is 0 Å². The van der Waals surface area contributed by atoms with E-state index in [1.54, 1.807) is 34.5 Å². The summed E-state index contributed by atoms with van der Waals surface area (Å²) in [7, 11) is 1.70. The third-order valence-corrected chi connectivity index (χ3v) is 4.35. The maximum atomic E-state index is 13.3. The van der Waals surface area contributed by atoms with Gasteiger partial charge < -0.3 is 14.5 Å². The molecule has 0 saturated carbocycles. The minimum Gasteiger partial charge on any atom is -0.347 e. The van der Waals surface area contributed by atoms with Crippen molar-refractivity contribution in [2.24, 2.45) is 13.0 Å². The summed E-state index contributed by atoms with van der Waals surface area (Å²) in [5.74, 6) is -1.50. The molecule has 3 rings (SSSR count). The molecule has 0 aliphatic rings. The van der Waals surface area contributed by atoms with Crippen LogP contribution < -0.4 is 10.9 Å². The Balaban J connectivity index is 1.87. The maximum absolute atomic E-state index is 13.3. The third-order valence-electron chi connectivity index (χ3n) is 4.35. The van der Waals surface area contributed by atoms with Gasteiger partial charge in [-0.25, -0.2) is 8.78 Å². The molecule has 1 amide bonds. The van der Waals surface area contributed by atoms with Crippen LogP contribution in [0.5, 0.6) is 0 Å². The highest BCUT2D eigenvalue weighted by atomic mass is 19.1. The fraction of sp³-hybridized carbons (Fsp3) is 0.300. The zero-order valence-electron chi connectivity index (χ0n) is 15.4. The molecule has 0 spiro atoms. The molecule has 0 radical (unpaired) electrons. The van der Waals surface area contributed by atoms with Gasteiger partial charge in [-0.15, -0.1) is 0 Å². The molecule has 1 N–H and O–H groups in total. The Labute approximate surface area is 155 Å². The van der Waals surface area contributed by atoms with E-state index in [0.29, 0.717) is 34.6 Å². The van der Waals surface area contributed by atoms with Gasteiger partial charge in [-0.2, -0.15) is 0 Å². The van der Waals surface area contributed by atoms with Crippen molar-refractivity contribution in [3.8, 4) is 0 Å². The number of nitrogens with zero attached hydrogens (tertiary/aromatic N) is 2. The van der Waals surface area contributed by atoms with Crippen molar-refractivity contribution in [3.05, 3.63) is 69.8 Å². The van der Waals surface area contributed by atoms with E-state index in [1.165, 1.54) is 0 Å². The molecular weight excluding hydrogens is 352 g/mol. The number of hydrogen-bond donors (Lipinski definition) is 1.